The van der Waals surface area contributed by atoms with Gasteiger partial charge in [0.2, 0.25) is 0 Å². The van der Waals surface area contributed by atoms with Gasteiger partial charge in [-0.05, 0) is 26.2 Å². The average Bonchev–Trinajstić information content (AvgIpc) is 2.06. The molecule has 0 rings (SSSR count). The van der Waals surface area contributed by atoms with E-state index in [9.17, 15) is 4.79 Å². The molecule has 0 aliphatic heterocycles. The Kier molecular flexibility index (Phi) is 6.76. The highest BCUT2D eigenvalue weighted by atomic mass is 16.5. The summed E-state index contributed by atoms with van der Waals surface area (Å²) < 4.78 is 4.87. The van der Waals surface area contributed by atoms with Crippen LogP contribution in [-0.2, 0) is 9.53 Å². The first-order chi connectivity index (χ1) is 5.76. The summed E-state index contributed by atoms with van der Waals surface area (Å²) in [6, 6.07) is 0. The lowest BCUT2D eigenvalue weighted by Gasteiger charge is -2.11. The lowest BCUT2D eigenvalue weighted by Crippen LogP contribution is -2.17. The van der Waals surface area contributed by atoms with E-state index in [0.717, 1.165) is 12.8 Å². The summed E-state index contributed by atoms with van der Waals surface area (Å²) in [6.07, 6.45) is 2.20. The molecule has 0 saturated heterocycles. The number of carbonyl (C=O) groups is 1. The summed E-state index contributed by atoms with van der Waals surface area (Å²) in [5.41, 5.74) is 0. The minimum absolute atomic E-state index is 0.0305. The van der Waals surface area contributed by atoms with Crippen molar-refractivity contribution in [1.29, 1.82) is 0 Å². The van der Waals surface area contributed by atoms with Crippen molar-refractivity contribution in [3.63, 3.8) is 0 Å². The van der Waals surface area contributed by atoms with Crippen molar-refractivity contribution in [3.05, 3.63) is 0 Å². The number of aliphatic hydroxyl groups is 1. The van der Waals surface area contributed by atoms with Gasteiger partial charge in [0.05, 0.1) is 12.5 Å². The Morgan fingerprint density at radius 2 is 2.17 bits per heavy atom. The Morgan fingerprint density at radius 1 is 1.50 bits per heavy atom. The summed E-state index contributed by atoms with van der Waals surface area (Å²) in [4.78, 5) is 11.2. The topological polar surface area (TPSA) is 46.5 Å². The van der Waals surface area contributed by atoms with Crippen LogP contribution in [0.2, 0.25) is 0 Å². The number of rotatable bonds is 6. The first-order valence-corrected chi connectivity index (χ1v) is 4.53. The van der Waals surface area contributed by atoms with E-state index in [1.54, 1.807) is 6.92 Å². The first-order valence-electron chi connectivity index (χ1n) is 4.53. The molecule has 0 aliphatic rings. The SMILES string of the molecule is CCOC(=O)C(CC)CCCO. The maximum atomic E-state index is 11.2. The second-order valence-corrected chi connectivity index (χ2v) is 2.72. The molecular weight excluding hydrogens is 156 g/mol. The molecule has 12 heavy (non-hydrogen) atoms. The van der Waals surface area contributed by atoms with Crippen LogP contribution in [0.1, 0.15) is 33.1 Å². The van der Waals surface area contributed by atoms with Crippen LogP contribution in [0.5, 0.6) is 0 Å². The Bertz CT molecular complexity index is 123. The van der Waals surface area contributed by atoms with Crippen molar-refractivity contribution >= 4 is 5.97 Å². The van der Waals surface area contributed by atoms with E-state index in [1.165, 1.54) is 0 Å². The third-order valence-electron chi connectivity index (χ3n) is 1.82. The van der Waals surface area contributed by atoms with E-state index in [-0.39, 0.29) is 18.5 Å². The van der Waals surface area contributed by atoms with Crippen molar-refractivity contribution in [3.8, 4) is 0 Å². The van der Waals surface area contributed by atoms with Gasteiger partial charge in [0.1, 0.15) is 0 Å². The Balaban J connectivity index is 3.71. The van der Waals surface area contributed by atoms with E-state index < -0.39 is 0 Å². The van der Waals surface area contributed by atoms with Crippen LogP contribution >= 0.6 is 0 Å². The summed E-state index contributed by atoms with van der Waals surface area (Å²) in [6.45, 7) is 4.35. The van der Waals surface area contributed by atoms with Crippen molar-refractivity contribution in [1.82, 2.24) is 0 Å². The second kappa shape index (κ2) is 7.10. The van der Waals surface area contributed by atoms with Crippen LogP contribution in [0.4, 0.5) is 0 Å². The standard InChI is InChI=1S/C9H18O3/c1-3-8(6-5-7-10)9(11)12-4-2/h8,10H,3-7H2,1-2H3. The van der Waals surface area contributed by atoms with Gasteiger partial charge in [-0.3, -0.25) is 4.79 Å². The summed E-state index contributed by atoms with van der Waals surface area (Å²) >= 11 is 0. The molecule has 0 aromatic heterocycles. The van der Waals surface area contributed by atoms with Crippen LogP contribution < -0.4 is 0 Å². The zero-order valence-electron chi connectivity index (χ0n) is 7.88. The third kappa shape index (κ3) is 4.34. The smallest absolute Gasteiger partial charge is 0.308 e. The van der Waals surface area contributed by atoms with Gasteiger partial charge in [-0.1, -0.05) is 6.92 Å². The first kappa shape index (κ1) is 11.4. The number of esters is 1. The van der Waals surface area contributed by atoms with E-state index in [4.69, 9.17) is 9.84 Å². The van der Waals surface area contributed by atoms with E-state index in [1.807, 2.05) is 6.92 Å². The Morgan fingerprint density at radius 3 is 2.58 bits per heavy atom. The van der Waals surface area contributed by atoms with Gasteiger partial charge in [-0.15, -0.1) is 0 Å². The van der Waals surface area contributed by atoms with Crippen LogP contribution in [0.25, 0.3) is 0 Å². The quantitative estimate of drug-likeness (QED) is 0.618. The van der Waals surface area contributed by atoms with Gasteiger partial charge in [0.25, 0.3) is 0 Å². The molecule has 0 heterocycles. The number of carbonyl (C=O) groups excluding carboxylic acids is 1. The molecule has 3 nitrogen and oxygen atoms in total. The Hall–Kier alpha value is -0.570. The van der Waals surface area contributed by atoms with Crippen LogP contribution in [-0.4, -0.2) is 24.3 Å². The van der Waals surface area contributed by atoms with Crippen molar-refractivity contribution < 1.29 is 14.6 Å². The van der Waals surface area contributed by atoms with E-state index in [0.29, 0.717) is 13.0 Å². The molecule has 0 bridgehead atoms. The van der Waals surface area contributed by atoms with E-state index in [2.05, 4.69) is 0 Å². The molecule has 3 heteroatoms. The monoisotopic (exact) mass is 174 g/mol. The molecule has 0 spiro atoms. The van der Waals surface area contributed by atoms with Crippen molar-refractivity contribution in [2.75, 3.05) is 13.2 Å². The maximum absolute atomic E-state index is 11.2. The van der Waals surface area contributed by atoms with Crippen LogP contribution in [0.15, 0.2) is 0 Å². The number of aliphatic hydroxyl groups excluding tert-OH is 1. The normalized spacial score (nSPS) is 12.6. The van der Waals surface area contributed by atoms with Crippen LogP contribution in [0.3, 0.4) is 0 Å². The molecule has 0 saturated carbocycles. The third-order valence-corrected chi connectivity index (χ3v) is 1.82. The largest absolute Gasteiger partial charge is 0.466 e. The van der Waals surface area contributed by atoms with Crippen LogP contribution in [0, 0.1) is 5.92 Å². The van der Waals surface area contributed by atoms with E-state index >= 15 is 0 Å². The number of hydrogen-bond acceptors (Lipinski definition) is 3. The zero-order chi connectivity index (χ0) is 9.40. The molecule has 0 fully saturated rings. The highest BCUT2D eigenvalue weighted by molar-refractivity contribution is 5.72. The Labute approximate surface area is 73.7 Å². The van der Waals surface area contributed by atoms with Gasteiger partial charge in [-0.25, -0.2) is 0 Å². The minimum Gasteiger partial charge on any atom is -0.466 e. The fourth-order valence-corrected chi connectivity index (χ4v) is 1.09. The molecule has 0 aliphatic carbocycles. The molecule has 1 N–H and O–H groups in total. The average molecular weight is 174 g/mol. The minimum atomic E-state index is -0.131. The lowest BCUT2D eigenvalue weighted by atomic mass is 10.0. The molecule has 1 atom stereocenters. The fraction of sp³-hybridized carbons (Fsp3) is 0.889. The molecule has 0 aromatic carbocycles. The summed E-state index contributed by atoms with van der Waals surface area (Å²) in [7, 11) is 0. The van der Waals surface area contributed by atoms with Gasteiger partial charge in [0.15, 0.2) is 0 Å². The predicted molar refractivity (Wildman–Crippen MR) is 46.7 cm³/mol. The molecule has 0 amide bonds. The van der Waals surface area contributed by atoms with Gasteiger partial charge >= 0.3 is 5.97 Å². The van der Waals surface area contributed by atoms with Gasteiger partial charge in [-0.2, -0.15) is 0 Å². The fourth-order valence-electron chi connectivity index (χ4n) is 1.09. The zero-order valence-corrected chi connectivity index (χ0v) is 7.88. The lowest BCUT2D eigenvalue weighted by molar-refractivity contribution is -0.148. The maximum Gasteiger partial charge on any atom is 0.308 e. The predicted octanol–water partition coefficient (Wildman–Crippen LogP) is 1.35. The van der Waals surface area contributed by atoms with Gasteiger partial charge in [0, 0.05) is 6.61 Å². The molecule has 72 valence electrons. The van der Waals surface area contributed by atoms with Crippen molar-refractivity contribution in [2.45, 2.75) is 33.1 Å². The second-order valence-electron chi connectivity index (χ2n) is 2.72. The van der Waals surface area contributed by atoms with Crippen molar-refractivity contribution in [2.24, 2.45) is 5.92 Å². The molecular formula is C9H18O3. The molecule has 1 unspecified atom stereocenters. The highest BCUT2D eigenvalue weighted by Crippen LogP contribution is 2.12. The highest BCUT2D eigenvalue weighted by Gasteiger charge is 2.16. The number of ether oxygens (including phenoxy) is 1. The molecule has 0 radical (unpaired) electrons. The summed E-state index contributed by atoms with van der Waals surface area (Å²) in [5, 5.41) is 8.57. The number of hydrogen-bond donors (Lipinski definition) is 1. The molecule has 0 aromatic rings. The van der Waals surface area contributed by atoms with Gasteiger partial charge < -0.3 is 9.84 Å². The summed E-state index contributed by atoms with van der Waals surface area (Å²) in [5.74, 6) is -0.162.